The Bertz CT molecular complexity index is 272. The van der Waals surface area contributed by atoms with Crippen LogP contribution in [0.2, 0.25) is 0 Å². The van der Waals surface area contributed by atoms with Crippen molar-refractivity contribution in [2.75, 3.05) is 0 Å². The normalized spacial score (nSPS) is 9.27. The fraction of sp³-hybridized carbons (Fsp3) is 0. The largest absolute Gasteiger partial charge is 0.373 e. The third kappa shape index (κ3) is 1.78. The van der Waals surface area contributed by atoms with E-state index in [1.54, 1.807) is 24.3 Å². The van der Waals surface area contributed by atoms with Gasteiger partial charge >= 0.3 is 5.97 Å². The van der Waals surface area contributed by atoms with Crippen molar-refractivity contribution in [3.8, 4) is 0 Å². The van der Waals surface area contributed by atoms with Gasteiger partial charge in [-0.3, -0.25) is 4.89 Å². The highest BCUT2D eigenvalue weighted by Gasteiger charge is 2.09. The zero-order chi connectivity index (χ0) is 8.27. The molecular formula is C7H5BrO3. The molecule has 0 radical (unpaired) electrons. The molecule has 0 saturated heterocycles. The molecule has 0 unspecified atom stereocenters. The Morgan fingerprint density at radius 2 is 2.09 bits per heavy atom. The molecule has 0 aromatic heterocycles. The first-order valence-corrected chi connectivity index (χ1v) is 3.65. The van der Waals surface area contributed by atoms with Crippen molar-refractivity contribution in [2.24, 2.45) is 0 Å². The molecule has 1 rings (SSSR count). The van der Waals surface area contributed by atoms with Crippen LogP contribution < -0.4 is 0 Å². The summed E-state index contributed by atoms with van der Waals surface area (Å²) in [5.41, 5.74) is 0.301. The van der Waals surface area contributed by atoms with Gasteiger partial charge in [0.05, 0.1) is 5.56 Å². The highest BCUT2D eigenvalue weighted by atomic mass is 79.9. The minimum absolute atomic E-state index is 0.301. The van der Waals surface area contributed by atoms with E-state index in [9.17, 15) is 4.79 Å². The van der Waals surface area contributed by atoms with Crippen molar-refractivity contribution in [1.29, 1.82) is 0 Å². The van der Waals surface area contributed by atoms with Gasteiger partial charge in [0.1, 0.15) is 0 Å². The number of rotatable bonds is 1. The molecule has 4 heteroatoms. The minimum atomic E-state index is -0.766. The number of benzene rings is 1. The van der Waals surface area contributed by atoms with E-state index in [4.69, 9.17) is 5.26 Å². The van der Waals surface area contributed by atoms with Gasteiger partial charge in [-0.05, 0) is 28.1 Å². The van der Waals surface area contributed by atoms with E-state index in [0.29, 0.717) is 10.0 Å². The molecule has 11 heavy (non-hydrogen) atoms. The molecule has 0 aliphatic heterocycles. The Hall–Kier alpha value is -0.870. The SMILES string of the molecule is O=C(OO)c1ccccc1Br. The van der Waals surface area contributed by atoms with Crippen LogP contribution in [0.1, 0.15) is 10.4 Å². The second-order valence-electron chi connectivity index (χ2n) is 1.86. The lowest BCUT2D eigenvalue weighted by Crippen LogP contribution is -2.01. The molecule has 1 aromatic rings. The Balaban J connectivity index is 3.03. The van der Waals surface area contributed by atoms with Crippen LogP contribution in [0.5, 0.6) is 0 Å². The van der Waals surface area contributed by atoms with Crippen LogP contribution in [0.3, 0.4) is 0 Å². The maximum atomic E-state index is 10.7. The number of halogens is 1. The van der Waals surface area contributed by atoms with E-state index in [1.165, 1.54) is 0 Å². The van der Waals surface area contributed by atoms with Gasteiger partial charge in [-0.25, -0.2) is 4.79 Å². The third-order valence-corrected chi connectivity index (χ3v) is 1.87. The van der Waals surface area contributed by atoms with E-state index >= 15 is 0 Å². The van der Waals surface area contributed by atoms with Gasteiger partial charge in [-0.2, -0.15) is 5.26 Å². The number of hydrogen-bond acceptors (Lipinski definition) is 3. The van der Waals surface area contributed by atoms with Crippen LogP contribution in [0.25, 0.3) is 0 Å². The van der Waals surface area contributed by atoms with Gasteiger partial charge in [-0.15, -0.1) is 0 Å². The van der Waals surface area contributed by atoms with Gasteiger partial charge in [0.2, 0.25) is 0 Å². The maximum absolute atomic E-state index is 10.7. The zero-order valence-corrected chi connectivity index (χ0v) is 7.04. The minimum Gasteiger partial charge on any atom is -0.295 e. The first-order chi connectivity index (χ1) is 5.25. The van der Waals surface area contributed by atoms with Crippen LogP contribution in [-0.4, -0.2) is 11.2 Å². The molecular weight excluding hydrogens is 212 g/mol. The van der Waals surface area contributed by atoms with Crippen LogP contribution in [0.4, 0.5) is 0 Å². The molecule has 1 N–H and O–H groups in total. The van der Waals surface area contributed by atoms with Gasteiger partial charge in [0, 0.05) is 4.47 Å². The lowest BCUT2D eigenvalue weighted by atomic mass is 10.2. The lowest BCUT2D eigenvalue weighted by molar-refractivity contribution is -0.182. The van der Waals surface area contributed by atoms with Gasteiger partial charge in [0.15, 0.2) is 0 Å². The molecule has 58 valence electrons. The first-order valence-electron chi connectivity index (χ1n) is 2.86. The lowest BCUT2D eigenvalue weighted by Gasteiger charge is -1.97. The molecule has 0 aliphatic carbocycles. The molecule has 0 amide bonds. The summed E-state index contributed by atoms with van der Waals surface area (Å²) >= 11 is 3.13. The smallest absolute Gasteiger partial charge is 0.295 e. The van der Waals surface area contributed by atoms with Crippen molar-refractivity contribution in [3.63, 3.8) is 0 Å². The van der Waals surface area contributed by atoms with Crippen LogP contribution in [-0.2, 0) is 4.89 Å². The summed E-state index contributed by atoms with van der Waals surface area (Å²) in [7, 11) is 0. The van der Waals surface area contributed by atoms with E-state index in [2.05, 4.69) is 20.8 Å². The van der Waals surface area contributed by atoms with Gasteiger partial charge < -0.3 is 0 Å². The summed E-state index contributed by atoms with van der Waals surface area (Å²) in [6.07, 6.45) is 0. The summed E-state index contributed by atoms with van der Waals surface area (Å²) in [5, 5.41) is 8.04. The predicted molar refractivity (Wildman–Crippen MR) is 42.2 cm³/mol. The number of hydrogen-bond donors (Lipinski definition) is 1. The predicted octanol–water partition coefficient (Wildman–Crippen LogP) is 2.08. The molecule has 0 aliphatic rings. The quantitative estimate of drug-likeness (QED) is 0.578. The van der Waals surface area contributed by atoms with Crippen molar-refractivity contribution in [2.45, 2.75) is 0 Å². The summed E-state index contributed by atoms with van der Waals surface area (Å²) in [5.74, 6) is -0.766. The number of carbonyl (C=O) groups excluding carboxylic acids is 1. The summed E-state index contributed by atoms with van der Waals surface area (Å²) in [6, 6.07) is 6.67. The average Bonchev–Trinajstić information content (AvgIpc) is 2.04. The van der Waals surface area contributed by atoms with Crippen LogP contribution in [0, 0.1) is 0 Å². The molecule has 0 bridgehead atoms. The molecule has 1 aromatic carbocycles. The molecule has 0 saturated carbocycles. The maximum Gasteiger partial charge on any atom is 0.373 e. The topological polar surface area (TPSA) is 46.5 Å². The summed E-state index contributed by atoms with van der Waals surface area (Å²) < 4.78 is 0.596. The zero-order valence-electron chi connectivity index (χ0n) is 5.45. The Labute approximate surface area is 71.7 Å². The Kier molecular flexibility index (Phi) is 2.62. The Morgan fingerprint density at radius 1 is 1.45 bits per heavy atom. The Morgan fingerprint density at radius 3 is 2.64 bits per heavy atom. The molecule has 3 nitrogen and oxygen atoms in total. The molecule has 0 spiro atoms. The van der Waals surface area contributed by atoms with Gasteiger partial charge in [0.25, 0.3) is 0 Å². The summed E-state index contributed by atoms with van der Waals surface area (Å²) in [6.45, 7) is 0. The van der Waals surface area contributed by atoms with Gasteiger partial charge in [-0.1, -0.05) is 12.1 Å². The standard InChI is InChI=1S/C7H5BrO3/c8-6-4-2-1-3-5(6)7(9)11-10/h1-4,10H. The third-order valence-electron chi connectivity index (χ3n) is 1.18. The summed E-state index contributed by atoms with van der Waals surface area (Å²) in [4.78, 5) is 14.3. The van der Waals surface area contributed by atoms with E-state index in [-0.39, 0.29) is 0 Å². The fourth-order valence-corrected chi connectivity index (χ4v) is 1.12. The second kappa shape index (κ2) is 3.50. The molecule has 0 fully saturated rings. The molecule has 0 heterocycles. The van der Waals surface area contributed by atoms with Crippen molar-refractivity contribution >= 4 is 21.9 Å². The molecule has 0 atom stereocenters. The van der Waals surface area contributed by atoms with Crippen LogP contribution in [0.15, 0.2) is 28.7 Å². The van der Waals surface area contributed by atoms with Crippen molar-refractivity contribution in [1.82, 2.24) is 0 Å². The highest BCUT2D eigenvalue weighted by Crippen LogP contribution is 2.15. The van der Waals surface area contributed by atoms with E-state index < -0.39 is 5.97 Å². The fourth-order valence-electron chi connectivity index (χ4n) is 0.676. The first kappa shape index (κ1) is 8.23. The van der Waals surface area contributed by atoms with E-state index in [1.807, 2.05) is 0 Å². The van der Waals surface area contributed by atoms with Crippen molar-refractivity contribution < 1.29 is 14.9 Å². The average molecular weight is 217 g/mol. The van der Waals surface area contributed by atoms with E-state index in [0.717, 1.165) is 0 Å². The second-order valence-corrected chi connectivity index (χ2v) is 2.71. The van der Waals surface area contributed by atoms with Crippen molar-refractivity contribution in [3.05, 3.63) is 34.3 Å². The monoisotopic (exact) mass is 216 g/mol. The highest BCUT2D eigenvalue weighted by molar-refractivity contribution is 9.10. The van der Waals surface area contributed by atoms with Crippen LogP contribution >= 0.6 is 15.9 Å². The number of carbonyl (C=O) groups is 1.